The summed E-state index contributed by atoms with van der Waals surface area (Å²) in [4.78, 5) is 0. The minimum Gasteiger partial charge on any atom is -0.389 e. The van der Waals surface area contributed by atoms with Crippen molar-refractivity contribution < 1.29 is 118 Å². The maximum Gasteiger partial charge on any atom is 0.187 e. The fourth-order valence-electron chi connectivity index (χ4n) is 13.9. The Bertz CT molecular complexity index is 2590. The summed E-state index contributed by atoms with van der Waals surface area (Å²) in [6.07, 6.45) is -34.4. The van der Waals surface area contributed by atoms with E-state index in [0.29, 0.717) is 37.1 Å². The molecule has 0 radical (unpaired) electrons. The monoisotopic (exact) mass is 1410 g/mol. The number of hydrogen-bond donors (Lipinski definition) is 24. The summed E-state index contributed by atoms with van der Waals surface area (Å²) in [5.74, 6) is 0. The highest BCUT2D eigenvalue weighted by atomic mass is 16.8. The molecule has 6 aliphatic heterocycles. The molecule has 0 aromatic carbocycles. The van der Waals surface area contributed by atoms with Crippen molar-refractivity contribution in [3.05, 3.63) is 23.8 Å². The van der Waals surface area contributed by atoms with Crippen LogP contribution in [-0.4, -0.2) is 350 Å². The van der Waals surface area contributed by atoms with E-state index in [9.17, 15) is 61.3 Å². The SMILES string of the molecule is NCC1O[C@H](OC2C(N)C[C@@H](N)C(O)[C@H]2O[C@@H]2O[C@H](Cn3cc(CCCCCCc4cn(C[C@H]5O[C@@H](O[C@H]6C(O[C@H]7OC(CN)C(O)[C@H](O)C7N)C(N)C[C@@H](N)C6O)[C@@H](O)C5O[C@H]5O[C@@H](CN)C(O)C(O)C5N)nn4)nn3)C(O[C@H]3O[C@@H](CN)C(O)C(O)C3N)[C@@H]2O)C(N)[C@@H](O)C1O. The standard InChI is InChI=1S/C56H104N18O24/c57-9-23-35(77)39(81)29(65)51(87-23)93-45-21(63)7-19(61)33(75)49(45)97-55-43(85)47(95-53-31(67)41(83)37(79)25(11-59)89-53)27(91-55)15-73-13-17(69-71-73)5-3-1-2-4-6-18-14-74(72-70-18)16-28-48(96-54-32(68)42(84)38(80)26(12-60)90-54)44(86)56(92-28)98-50-34(76)20(62)8-22(64)46(50)94-52-30(66)40(82)36(78)24(10-58)88-52/h13-14,19-56,75-86H,1-12,15-16,57-68H2/t19-,20-,21?,22?,23?,24?,25+,26+,27-,28-,29?,30?,31?,32?,33?,34?,35?,36?,37?,38?,39-,40-,41?,42?,43+,44+,45?,46?,47?,48?,49-,50-,51-,52-,53-,54-,55+,56+/m1/s1. The highest BCUT2D eigenvalue weighted by Crippen LogP contribution is 2.38. The largest absolute Gasteiger partial charge is 0.389 e. The van der Waals surface area contributed by atoms with E-state index in [1.54, 1.807) is 12.4 Å². The van der Waals surface area contributed by atoms with Crippen molar-refractivity contribution in [1.29, 1.82) is 0 Å². The zero-order chi connectivity index (χ0) is 70.9. The summed E-state index contributed by atoms with van der Waals surface area (Å²) >= 11 is 0. The van der Waals surface area contributed by atoms with Gasteiger partial charge in [-0.3, -0.25) is 0 Å². The van der Waals surface area contributed by atoms with Gasteiger partial charge in [0.2, 0.25) is 0 Å². The highest BCUT2D eigenvalue weighted by molar-refractivity contribution is 5.06. The van der Waals surface area contributed by atoms with E-state index in [0.717, 1.165) is 12.8 Å². The van der Waals surface area contributed by atoms with Gasteiger partial charge in [0, 0.05) is 62.7 Å². The van der Waals surface area contributed by atoms with Crippen LogP contribution in [0.4, 0.5) is 0 Å². The molecule has 8 heterocycles. The molecule has 0 spiro atoms. The van der Waals surface area contributed by atoms with Gasteiger partial charge < -0.3 is 187 Å². The lowest BCUT2D eigenvalue weighted by atomic mass is 9.84. The number of aryl methyl sites for hydroxylation is 2. The van der Waals surface area contributed by atoms with Gasteiger partial charge >= 0.3 is 0 Å². The van der Waals surface area contributed by atoms with Crippen LogP contribution in [0.2, 0.25) is 0 Å². The van der Waals surface area contributed by atoms with Crippen LogP contribution in [0.5, 0.6) is 0 Å². The van der Waals surface area contributed by atoms with E-state index in [4.69, 9.17) is 126 Å². The van der Waals surface area contributed by atoms with Crippen LogP contribution in [0.1, 0.15) is 49.9 Å². The average Bonchev–Trinajstić information content (AvgIpc) is 1.55. The summed E-state index contributed by atoms with van der Waals surface area (Å²) in [5.41, 5.74) is 75.3. The Hall–Kier alpha value is -3.16. The normalized spacial score (nSPS) is 48.0. The second-order valence-electron chi connectivity index (χ2n) is 26.9. The van der Waals surface area contributed by atoms with E-state index < -0.39 is 233 Å². The first-order valence-corrected chi connectivity index (χ1v) is 33.3. The fraction of sp³-hybridized carbons (Fsp3) is 0.929. The molecule has 42 nitrogen and oxygen atoms in total. The van der Waals surface area contributed by atoms with E-state index in [1.807, 2.05) is 0 Å². The van der Waals surface area contributed by atoms with Crippen molar-refractivity contribution in [1.82, 2.24) is 30.0 Å². The van der Waals surface area contributed by atoms with Gasteiger partial charge in [-0.2, -0.15) is 0 Å². The maximum atomic E-state index is 12.0. The van der Waals surface area contributed by atoms with Crippen LogP contribution in [0.25, 0.3) is 0 Å². The molecule has 8 fully saturated rings. The van der Waals surface area contributed by atoms with Crippen molar-refractivity contribution >= 4 is 0 Å². The Morgan fingerprint density at radius 1 is 0.327 bits per heavy atom. The van der Waals surface area contributed by atoms with Gasteiger partial charge in [0.15, 0.2) is 37.7 Å². The van der Waals surface area contributed by atoms with Gasteiger partial charge in [0.1, 0.15) is 134 Å². The van der Waals surface area contributed by atoms with Crippen LogP contribution in [0, 0.1) is 0 Å². The minimum atomic E-state index is -1.68. The molecule has 10 rings (SSSR count). The molecular formula is C56H104N18O24. The van der Waals surface area contributed by atoms with Crippen molar-refractivity contribution in [2.75, 3.05) is 26.2 Å². The zero-order valence-electron chi connectivity index (χ0n) is 53.9. The summed E-state index contributed by atoms with van der Waals surface area (Å²) in [5, 5.41) is 150. The molecule has 38 atom stereocenters. The molecule has 2 saturated carbocycles. The van der Waals surface area contributed by atoms with Crippen LogP contribution >= 0.6 is 0 Å². The number of aliphatic hydroxyl groups excluding tert-OH is 12. The van der Waals surface area contributed by atoms with Crippen molar-refractivity contribution in [3.8, 4) is 0 Å². The zero-order valence-corrected chi connectivity index (χ0v) is 53.9. The summed E-state index contributed by atoms with van der Waals surface area (Å²) in [6.45, 7) is -1.09. The Morgan fingerprint density at radius 2 is 0.602 bits per heavy atom. The van der Waals surface area contributed by atoms with Gasteiger partial charge in [-0.25, -0.2) is 9.36 Å². The lowest BCUT2D eigenvalue weighted by Crippen LogP contribution is -2.68. The number of aliphatic hydroxyl groups is 12. The minimum absolute atomic E-state index is 0.0316. The van der Waals surface area contributed by atoms with Gasteiger partial charge in [0.05, 0.1) is 60.9 Å². The number of unbranched alkanes of at least 4 members (excludes halogenated alkanes) is 3. The third kappa shape index (κ3) is 16.8. The number of aromatic nitrogens is 6. The molecule has 2 aromatic rings. The molecule has 8 aliphatic rings. The van der Waals surface area contributed by atoms with Gasteiger partial charge in [-0.15, -0.1) is 10.2 Å². The second kappa shape index (κ2) is 33.7. The lowest BCUT2D eigenvalue weighted by Gasteiger charge is -2.47. The van der Waals surface area contributed by atoms with Crippen LogP contribution in [-0.2, 0) is 82.8 Å². The molecule has 42 heteroatoms. The van der Waals surface area contributed by atoms with Gasteiger partial charge in [-0.05, 0) is 38.5 Å². The van der Waals surface area contributed by atoms with Crippen LogP contribution in [0.15, 0.2) is 12.4 Å². The topological polar surface area (TPSA) is 727 Å². The highest BCUT2D eigenvalue weighted by Gasteiger charge is 2.58. The van der Waals surface area contributed by atoms with Gasteiger partial charge in [0.25, 0.3) is 0 Å². The molecule has 6 saturated heterocycles. The summed E-state index contributed by atoms with van der Waals surface area (Å²) < 4.78 is 76.6. The number of rotatable bonds is 27. The van der Waals surface area contributed by atoms with Crippen LogP contribution in [0.3, 0.4) is 0 Å². The molecule has 2 aromatic heterocycles. The number of ether oxygens (including phenoxy) is 12. The molecule has 98 heavy (non-hydrogen) atoms. The fourth-order valence-corrected chi connectivity index (χ4v) is 13.9. The van der Waals surface area contributed by atoms with E-state index >= 15 is 0 Å². The Balaban J connectivity index is 0.757. The second-order valence-corrected chi connectivity index (χ2v) is 26.9. The summed E-state index contributed by atoms with van der Waals surface area (Å²) in [7, 11) is 0. The van der Waals surface area contributed by atoms with Crippen molar-refractivity contribution in [2.24, 2.45) is 68.8 Å². The Morgan fingerprint density at radius 3 is 0.898 bits per heavy atom. The Labute approximate surface area is 562 Å². The molecule has 2 aliphatic carbocycles. The Kier molecular flexibility index (Phi) is 26.7. The molecular weight excluding hydrogens is 1310 g/mol. The first-order valence-electron chi connectivity index (χ1n) is 33.3. The summed E-state index contributed by atoms with van der Waals surface area (Å²) in [6, 6.07) is -9.02. The third-order valence-corrected chi connectivity index (χ3v) is 19.9. The predicted octanol–water partition coefficient (Wildman–Crippen LogP) is -15.5. The van der Waals surface area contributed by atoms with Crippen LogP contribution < -0.4 is 68.8 Å². The number of hydrogen-bond acceptors (Lipinski definition) is 40. The smallest absolute Gasteiger partial charge is 0.187 e. The van der Waals surface area contributed by atoms with E-state index in [2.05, 4.69) is 20.6 Å². The van der Waals surface area contributed by atoms with Gasteiger partial charge in [-0.1, -0.05) is 23.3 Å². The van der Waals surface area contributed by atoms with Crippen molar-refractivity contribution in [3.63, 3.8) is 0 Å². The quantitative estimate of drug-likeness (QED) is 0.0369. The lowest BCUT2D eigenvalue weighted by molar-refractivity contribution is -0.306. The predicted molar refractivity (Wildman–Crippen MR) is 328 cm³/mol. The molecule has 20 unspecified atom stereocenters. The molecule has 0 amide bonds. The average molecular weight is 1410 g/mol. The number of nitrogens with zero attached hydrogens (tertiary/aromatic N) is 6. The molecule has 0 bridgehead atoms. The first kappa shape index (κ1) is 77.5. The van der Waals surface area contributed by atoms with E-state index in [1.165, 1.54) is 9.36 Å². The van der Waals surface area contributed by atoms with Crippen molar-refractivity contribution in [2.45, 2.75) is 297 Å². The third-order valence-electron chi connectivity index (χ3n) is 19.9. The molecule has 36 N–H and O–H groups in total. The van der Waals surface area contributed by atoms with E-state index in [-0.39, 0.29) is 52.1 Å². The molecule has 562 valence electrons. The number of nitrogens with two attached hydrogens (primary N) is 12. The maximum absolute atomic E-state index is 12.0. The first-order chi connectivity index (χ1) is 46.7.